The van der Waals surface area contributed by atoms with Crippen molar-refractivity contribution in [3.63, 3.8) is 0 Å². The maximum absolute atomic E-state index is 12.3. The molecule has 0 radical (unpaired) electrons. The predicted molar refractivity (Wildman–Crippen MR) is 97.1 cm³/mol. The molecule has 134 valence electrons. The number of hydrogen-bond donors (Lipinski definition) is 4. The van der Waals surface area contributed by atoms with Crippen LogP contribution in [0.15, 0.2) is 30.3 Å². The Labute approximate surface area is 149 Å². The Bertz CT molecular complexity index is 521. The van der Waals surface area contributed by atoms with Crippen LogP contribution >= 0.6 is 12.4 Å². The van der Waals surface area contributed by atoms with Gasteiger partial charge in [-0.2, -0.15) is 0 Å². The van der Waals surface area contributed by atoms with Crippen LogP contribution in [-0.2, 0) is 11.3 Å². The van der Waals surface area contributed by atoms with Gasteiger partial charge in [-0.3, -0.25) is 4.79 Å². The van der Waals surface area contributed by atoms with Crippen molar-refractivity contribution in [1.29, 1.82) is 0 Å². The van der Waals surface area contributed by atoms with E-state index in [-0.39, 0.29) is 30.3 Å². The first-order valence-corrected chi connectivity index (χ1v) is 8.13. The molecule has 1 aliphatic heterocycles. The number of carbonyl (C=O) groups is 2. The van der Waals surface area contributed by atoms with E-state index in [1.165, 1.54) is 0 Å². The summed E-state index contributed by atoms with van der Waals surface area (Å²) in [7, 11) is 0. The Hall–Kier alpha value is -1.79. The van der Waals surface area contributed by atoms with Crippen LogP contribution in [0.3, 0.4) is 0 Å². The van der Waals surface area contributed by atoms with E-state index in [1.807, 2.05) is 44.2 Å². The molecule has 1 unspecified atom stereocenters. The molecule has 1 atom stereocenters. The van der Waals surface area contributed by atoms with Crippen LogP contribution in [-0.4, -0.2) is 37.6 Å². The number of hydrogen-bond acceptors (Lipinski definition) is 3. The molecule has 1 aromatic carbocycles. The second kappa shape index (κ2) is 10.2. The lowest BCUT2D eigenvalue weighted by molar-refractivity contribution is -0.124. The zero-order valence-electron chi connectivity index (χ0n) is 14.2. The van der Waals surface area contributed by atoms with E-state index >= 15 is 0 Å². The van der Waals surface area contributed by atoms with Crippen molar-refractivity contribution in [3.8, 4) is 0 Å². The quantitative estimate of drug-likeness (QED) is 0.595. The minimum absolute atomic E-state index is 0. The highest BCUT2D eigenvalue weighted by Gasteiger charge is 2.25. The molecule has 3 amide bonds. The number of urea groups is 1. The molecule has 24 heavy (non-hydrogen) atoms. The SMILES string of the molecule is CC(C)C(NC(=O)NCc1ccccc1)C(=O)NCC1CNC1.Cl. The molecule has 0 aromatic heterocycles. The second-order valence-electron chi connectivity index (χ2n) is 6.30. The number of amides is 3. The number of benzene rings is 1. The Morgan fingerprint density at radius 1 is 1.17 bits per heavy atom. The summed E-state index contributed by atoms with van der Waals surface area (Å²) >= 11 is 0. The van der Waals surface area contributed by atoms with Gasteiger partial charge in [0.05, 0.1) is 0 Å². The van der Waals surface area contributed by atoms with Crippen LogP contribution in [0.25, 0.3) is 0 Å². The van der Waals surface area contributed by atoms with Gasteiger partial charge in [-0.1, -0.05) is 44.2 Å². The molecule has 1 fully saturated rings. The average Bonchev–Trinajstić information content (AvgIpc) is 2.49. The molecule has 0 aliphatic carbocycles. The van der Waals surface area contributed by atoms with Gasteiger partial charge in [0.25, 0.3) is 0 Å². The molecule has 4 N–H and O–H groups in total. The van der Waals surface area contributed by atoms with Crippen LogP contribution in [0, 0.1) is 11.8 Å². The standard InChI is InChI=1S/C17H26N4O2.ClH/c1-12(2)15(16(22)19-11-14-8-18-9-14)21-17(23)20-10-13-6-4-3-5-7-13;/h3-7,12,14-15,18H,8-11H2,1-2H3,(H,19,22)(H2,20,21,23);1H. The zero-order chi connectivity index (χ0) is 16.7. The zero-order valence-corrected chi connectivity index (χ0v) is 15.0. The highest BCUT2D eigenvalue weighted by molar-refractivity contribution is 5.87. The number of halogens is 1. The maximum atomic E-state index is 12.3. The minimum atomic E-state index is -0.529. The predicted octanol–water partition coefficient (Wildman–Crippen LogP) is 1.27. The first-order chi connectivity index (χ1) is 11.1. The van der Waals surface area contributed by atoms with Crippen LogP contribution in [0.5, 0.6) is 0 Å². The van der Waals surface area contributed by atoms with Gasteiger partial charge in [0.15, 0.2) is 0 Å². The summed E-state index contributed by atoms with van der Waals surface area (Å²) in [6.45, 7) is 6.82. The van der Waals surface area contributed by atoms with Crippen molar-refractivity contribution in [3.05, 3.63) is 35.9 Å². The van der Waals surface area contributed by atoms with Crippen molar-refractivity contribution in [2.75, 3.05) is 19.6 Å². The topological polar surface area (TPSA) is 82.3 Å². The fraction of sp³-hybridized carbons (Fsp3) is 0.529. The lowest BCUT2D eigenvalue weighted by Gasteiger charge is -2.29. The third-order valence-corrected chi connectivity index (χ3v) is 3.96. The minimum Gasteiger partial charge on any atom is -0.354 e. The van der Waals surface area contributed by atoms with E-state index in [0.29, 0.717) is 19.0 Å². The van der Waals surface area contributed by atoms with Crippen LogP contribution < -0.4 is 21.3 Å². The van der Waals surface area contributed by atoms with Gasteiger partial charge < -0.3 is 21.3 Å². The molecule has 7 heteroatoms. The summed E-state index contributed by atoms with van der Waals surface area (Å²) < 4.78 is 0. The van der Waals surface area contributed by atoms with Crippen LogP contribution in [0.4, 0.5) is 4.79 Å². The van der Waals surface area contributed by atoms with E-state index in [9.17, 15) is 9.59 Å². The fourth-order valence-corrected chi connectivity index (χ4v) is 2.35. The molecule has 0 saturated carbocycles. The van der Waals surface area contributed by atoms with Crippen LogP contribution in [0.2, 0.25) is 0 Å². The molecule has 1 aromatic rings. The Kier molecular flexibility index (Phi) is 8.57. The summed E-state index contributed by atoms with van der Waals surface area (Å²) in [5.74, 6) is 0.400. The number of nitrogens with one attached hydrogen (secondary N) is 4. The van der Waals surface area contributed by atoms with Crippen molar-refractivity contribution >= 4 is 24.3 Å². The van der Waals surface area contributed by atoms with E-state index in [0.717, 1.165) is 18.7 Å². The molecule has 2 rings (SSSR count). The molecule has 0 spiro atoms. The van der Waals surface area contributed by atoms with Crippen molar-refractivity contribution in [2.24, 2.45) is 11.8 Å². The first-order valence-electron chi connectivity index (χ1n) is 8.13. The van der Waals surface area contributed by atoms with Gasteiger partial charge in [0.1, 0.15) is 6.04 Å². The van der Waals surface area contributed by atoms with E-state index in [4.69, 9.17) is 0 Å². The van der Waals surface area contributed by atoms with Crippen LogP contribution in [0.1, 0.15) is 19.4 Å². The largest absolute Gasteiger partial charge is 0.354 e. The summed E-state index contributed by atoms with van der Waals surface area (Å²) in [5.41, 5.74) is 1.02. The average molecular weight is 355 g/mol. The van der Waals surface area contributed by atoms with Gasteiger partial charge >= 0.3 is 6.03 Å². The number of carbonyl (C=O) groups excluding carboxylic acids is 2. The maximum Gasteiger partial charge on any atom is 0.315 e. The lowest BCUT2D eigenvalue weighted by Crippen LogP contribution is -2.55. The Morgan fingerprint density at radius 2 is 1.83 bits per heavy atom. The van der Waals surface area contributed by atoms with E-state index < -0.39 is 6.04 Å². The summed E-state index contributed by atoms with van der Waals surface area (Å²) in [6, 6.07) is 8.81. The van der Waals surface area contributed by atoms with Crippen molar-refractivity contribution in [2.45, 2.75) is 26.4 Å². The third kappa shape index (κ3) is 6.37. The molecular formula is C17H27ClN4O2. The smallest absolute Gasteiger partial charge is 0.315 e. The van der Waals surface area contributed by atoms with Gasteiger partial charge in [0.2, 0.25) is 5.91 Å². The normalized spacial score (nSPS) is 15.0. The van der Waals surface area contributed by atoms with Gasteiger partial charge in [-0.05, 0) is 11.5 Å². The number of rotatable bonds is 7. The molecule has 1 saturated heterocycles. The van der Waals surface area contributed by atoms with Gasteiger partial charge in [-0.25, -0.2) is 4.79 Å². The highest BCUT2D eigenvalue weighted by Crippen LogP contribution is 2.04. The van der Waals surface area contributed by atoms with Gasteiger partial charge in [0, 0.05) is 32.1 Å². The molecular weight excluding hydrogens is 328 g/mol. The van der Waals surface area contributed by atoms with E-state index in [2.05, 4.69) is 21.3 Å². The Morgan fingerprint density at radius 3 is 2.38 bits per heavy atom. The Balaban J connectivity index is 0.00000288. The van der Waals surface area contributed by atoms with Gasteiger partial charge in [-0.15, -0.1) is 12.4 Å². The lowest BCUT2D eigenvalue weighted by atomic mass is 10.0. The third-order valence-electron chi connectivity index (χ3n) is 3.96. The first kappa shape index (κ1) is 20.3. The second-order valence-corrected chi connectivity index (χ2v) is 6.30. The molecule has 0 bridgehead atoms. The van der Waals surface area contributed by atoms with Crippen molar-refractivity contribution < 1.29 is 9.59 Å². The molecule has 6 nitrogen and oxygen atoms in total. The molecule has 1 aliphatic rings. The summed E-state index contributed by atoms with van der Waals surface area (Å²) in [4.78, 5) is 24.3. The summed E-state index contributed by atoms with van der Waals surface area (Å²) in [6.07, 6.45) is 0. The fourth-order valence-electron chi connectivity index (χ4n) is 2.35. The van der Waals surface area contributed by atoms with Crippen molar-refractivity contribution in [1.82, 2.24) is 21.3 Å². The highest BCUT2D eigenvalue weighted by atomic mass is 35.5. The summed E-state index contributed by atoms with van der Waals surface area (Å²) in [5, 5.41) is 11.6. The molecule has 1 heterocycles. The van der Waals surface area contributed by atoms with E-state index in [1.54, 1.807) is 0 Å². The monoisotopic (exact) mass is 354 g/mol.